The molecule has 0 saturated carbocycles. The van der Waals surface area contributed by atoms with Crippen LogP contribution in [-0.2, 0) is 9.84 Å². The number of hydrogen-bond acceptors (Lipinski definition) is 5. The van der Waals surface area contributed by atoms with Crippen LogP contribution in [0.4, 0.5) is 4.79 Å². The molecular formula is C22H31ClN4O4S. The zero-order valence-corrected chi connectivity index (χ0v) is 20.0. The van der Waals surface area contributed by atoms with Crippen LogP contribution in [0.3, 0.4) is 0 Å². The van der Waals surface area contributed by atoms with Crippen molar-refractivity contribution in [2.24, 2.45) is 11.3 Å². The third-order valence-corrected chi connectivity index (χ3v) is 9.19. The Labute approximate surface area is 193 Å². The van der Waals surface area contributed by atoms with Crippen LogP contribution in [-0.4, -0.2) is 65.3 Å². The molecule has 0 aliphatic carbocycles. The molecule has 8 nitrogen and oxygen atoms in total. The first-order valence-electron chi connectivity index (χ1n) is 11.1. The second-order valence-corrected chi connectivity index (χ2v) is 12.4. The zero-order valence-electron chi connectivity index (χ0n) is 18.5. The molecule has 2 amide bonds. The summed E-state index contributed by atoms with van der Waals surface area (Å²) in [7, 11) is -2.95. The van der Waals surface area contributed by atoms with Crippen LogP contribution in [0.15, 0.2) is 18.3 Å². The van der Waals surface area contributed by atoms with Crippen molar-refractivity contribution in [3.63, 3.8) is 0 Å². The van der Waals surface area contributed by atoms with Crippen molar-refractivity contribution in [3.8, 4) is 0 Å². The number of rotatable bonds is 4. The fourth-order valence-corrected chi connectivity index (χ4v) is 6.74. The van der Waals surface area contributed by atoms with Gasteiger partial charge in [-0.15, -0.1) is 0 Å². The van der Waals surface area contributed by atoms with E-state index >= 15 is 0 Å². The number of piperidine rings is 1. The highest BCUT2D eigenvalue weighted by molar-refractivity contribution is 7.91. The number of aromatic amines is 1. The van der Waals surface area contributed by atoms with Gasteiger partial charge in [-0.05, 0) is 49.1 Å². The van der Waals surface area contributed by atoms with Crippen molar-refractivity contribution in [2.75, 3.05) is 24.6 Å². The van der Waals surface area contributed by atoms with E-state index in [4.69, 9.17) is 11.6 Å². The van der Waals surface area contributed by atoms with Gasteiger partial charge in [0.2, 0.25) is 0 Å². The van der Waals surface area contributed by atoms with Gasteiger partial charge in [-0.2, -0.15) is 5.10 Å². The molecule has 3 N–H and O–H groups in total. The first-order valence-corrected chi connectivity index (χ1v) is 13.3. The zero-order chi connectivity index (χ0) is 23.1. The second kappa shape index (κ2) is 8.83. The van der Waals surface area contributed by atoms with Crippen LogP contribution >= 0.6 is 11.6 Å². The third kappa shape index (κ3) is 4.75. The number of hydrogen-bond donors (Lipinski definition) is 3. The van der Waals surface area contributed by atoms with Gasteiger partial charge in [0.15, 0.2) is 0 Å². The average molecular weight is 483 g/mol. The number of benzene rings is 1. The van der Waals surface area contributed by atoms with Gasteiger partial charge in [-0.3, -0.25) is 5.10 Å². The van der Waals surface area contributed by atoms with Crippen LogP contribution in [0.2, 0.25) is 5.02 Å². The van der Waals surface area contributed by atoms with Gasteiger partial charge in [-0.1, -0.05) is 25.4 Å². The van der Waals surface area contributed by atoms with Crippen LogP contribution in [0.1, 0.15) is 51.2 Å². The number of sulfone groups is 1. The number of nitrogens with one attached hydrogen (secondary N) is 2. The Hall–Kier alpha value is -1.84. The summed E-state index contributed by atoms with van der Waals surface area (Å²) in [4.78, 5) is 14.5. The maximum Gasteiger partial charge on any atom is 0.317 e. The van der Waals surface area contributed by atoms with Gasteiger partial charge < -0.3 is 15.3 Å². The minimum absolute atomic E-state index is 0.0818. The average Bonchev–Trinajstić information content (AvgIpc) is 3.22. The Balaban J connectivity index is 1.37. The van der Waals surface area contributed by atoms with E-state index in [9.17, 15) is 18.3 Å². The topological polar surface area (TPSA) is 115 Å². The predicted molar refractivity (Wildman–Crippen MR) is 124 cm³/mol. The number of aliphatic hydroxyl groups is 1. The maximum atomic E-state index is 12.7. The van der Waals surface area contributed by atoms with Gasteiger partial charge in [0.1, 0.15) is 9.84 Å². The van der Waals surface area contributed by atoms with E-state index < -0.39 is 21.4 Å². The predicted octanol–water partition coefficient (Wildman–Crippen LogP) is 3.27. The molecule has 10 heteroatoms. The Morgan fingerprint density at radius 2 is 1.91 bits per heavy atom. The van der Waals surface area contributed by atoms with Crippen LogP contribution in [0.5, 0.6) is 0 Å². The second-order valence-electron chi connectivity index (χ2n) is 9.69. The third-order valence-electron chi connectivity index (χ3n) is 7.26. The summed E-state index contributed by atoms with van der Waals surface area (Å²) in [6, 6.07) is 3.41. The maximum absolute atomic E-state index is 12.7. The molecule has 0 spiro atoms. The number of urea groups is 1. The highest BCUT2D eigenvalue weighted by atomic mass is 35.5. The highest BCUT2D eigenvalue weighted by Crippen LogP contribution is 2.46. The Morgan fingerprint density at radius 1 is 1.25 bits per heavy atom. The molecule has 1 aromatic carbocycles. The van der Waals surface area contributed by atoms with Crippen molar-refractivity contribution in [1.29, 1.82) is 0 Å². The van der Waals surface area contributed by atoms with E-state index in [1.54, 1.807) is 17.2 Å². The normalized spacial score (nSPS) is 21.6. The van der Waals surface area contributed by atoms with Gasteiger partial charge in [0.25, 0.3) is 0 Å². The molecule has 0 bridgehead atoms. The van der Waals surface area contributed by atoms with Gasteiger partial charge in [0.05, 0.1) is 29.3 Å². The molecule has 2 saturated heterocycles. The lowest BCUT2D eigenvalue weighted by Crippen LogP contribution is -2.51. The molecule has 3 heterocycles. The molecular weight excluding hydrogens is 452 g/mol. The molecule has 176 valence electrons. The number of nitrogens with zero attached hydrogens (tertiary/aromatic N) is 2. The van der Waals surface area contributed by atoms with Crippen molar-refractivity contribution in [1.82, 2.24) is 20.4 Å². The fraction of sp³-hybridized carbons (Fsp3) is 0.636. The van der Waals surface area contributed by atoms with E-state index in [0.29, 0.717) is 31.0 Å². The Bertz CT molecular complexity index is 1080. The number of fused-ring (bicyclic) bond motifs is 1. The summed E-state index contributed by atoms with van der Waals surface area (Å²) in [5.41, 5.74) is 1.10. The lowest BCUT2D eigenvalue weighted by atomic mass is 9.68. The minimum atomic E-state index is -2.95. The van der Waals surface area contributed by atoms with E-state index in [2.05, 4.69) is 29.4 Å². The number of amides is 2. The number of carbonyl (C=O) groups is 1. The summed E-state index contributed by atoms with van der Waals surface area (Å²) >= 11 is 6.27. The van der Waals surface area contributed by atoms with Crippen molar-refractivity contribution >= 4 is 38.4 Å². The molecule has 1 atom stereocenters. The standard InChI is InChI=1S/C22H31ClN4O4S/c1-22(2,20(28)18-12-16(23)11-14-13-24-26-19(14)18)15-3-7-27(8-4-15)21(29)25-17-5-9-32(30,31)10-6-17/h11-13,15,17,20,28H,3-10H2,1-2H3,(H,24,26)(H,25,29)/t20-/m1/s1. The number of likely N-dealkylation sites (tertiary alicyclic amines) is 1. The quantitative estimate of drug-likeness (QED) is 0.618. The monoisotopic (exact) mass is 482 g/mol. The molecule has 2 fully saturated rings. The minimum Gasteiger partial charge on any atom is -0.388 e. The number of halogens is 1. The van der Waals surface area contributed by atoms with E-state index in [0.717, 1.165) is 29.3 Å². The lowest BCUT2D eigenvalue weighted by molar-refractivity contribution is -0.0144. The molecule has 32 heavy (non-hydrogen) atoms. The number of aromatic nitrogens is 2. The molecule has 2 aliphatic rings. The van der Waals surface area contributed by atoms with Crippen molar-refractivity contribution in [2.45, 2.75) is 51.7 Å². The molecule has 0 unspecified atom stereocenters. The molecule has 2 aliphatic heterocycles. The largest absolute Gasteiger partial charge is 0.388 e. The number of aliphatic hydroxyl groups excluding tert-OH is 1. The first-order chi connectivity index (χ1) is 15.1. The van der Waals surface area contributed by atoms with Crippen molar-refractivity contribution < 1.29 is 18.3 Å². The lowest BCUT2D eigenvalue weighted by Gasteiger charge is -2.43. The summed E-state index contributed by atoms with van der Waals surface area (Å²) in [6.07, 6.45) is 3.48. The van der Waals surface area contributed by atoms with Crippen molar-refractivity contribution in [3.05, 3.63) is 28.9 Å². The van der Waals surface area contributed by atoms with Gasteiger partial charge in [-0.25, -0.2) is 13.2 Å². The van der Waals surface area contributed by atoms with E-state index in [1.807, 2.05) is 6.07 Å². The summed E-state index contributed by atoms with van der Waals surface area (Å²) in [5.74, 6) is 0.497. The van der Waals surface area contributed by atoms with Gasteiger partial charge >= 0.3 is 6.03 Å². The van der Waals surface area contributed by atoms with Crippen LogP contribution in [0.25, 0.3) is 10.9 Å². The van der Waals surface area contributed by atoms with E-state index in [-0.39, 0.29) is 29.5 Å². The van der Waals surface area contributed by atoms with Gasteiger partial charge in [0, 0.05) is 35.1 Å². The SMILES string of the molecule is CC(C)(C1CCN(C(=O)NC2CCS(=O)(=O)CC2)CC1)[C@H](O)c1cc(Cl)cc2cn[nH]c12. The Morgan fingerprint density at radius 3 is 2.56 bits per heavy atom. The Kier molecular flexibility index (Phi) is 6.44. The van der Waals surface area contributed by atoms with E-state index in [1.165, 1.54) is 0 Å². The first kappa shape index (κ1) is 23.3. The summed E-state index contributed by atoms with van der Waals surface area (Å²) in [6.45, 7) is 5.33. The summed E-state index contributed by atoms with van der Waals surface area (Å²) < 4.78 is 23.2. The highest BCUT2D eigenvalue weighted by Gasteiger charge is 2.40. The molecule has 2 aromatic rings. The van der Waals surface area contributed by atoms with Crippen LogP contribution in [0, 0.1) is 11.3 Å². The smallest absolute Gasteiger partial charge is 0.317 e. The summed E-state index contributed by atoms with van der Waals surface area (Å²) in [5, 5.41) is 22.8. The van der Waals surface area contributed by atoms with Crippen LogP contribution < -0.4 is 5.32 Å². The molecule has 4 rings (SSSR count). The molecule has 0 radical (unpaired) electrons. The fourth-order valence-electron chi connectivity index (χ4n) is 5.01. The number of carbonyl (C=O) groups excluding carboxylic acids is 1. The number of H-pyrrole nitrogens is 1. The molecule has 1 aromatic heterocycles.